The van der Waals surface area contributed by atoms with Crippen molar-refractivity contribution in [3.8, 4) is 0 Å². The normalized spacial score (nSPS) is 29.1. The Kier molecular flexibility index (Phi) is 3.86. The number of rotatable bonds is 4. The molecular formula is C13H21NO. The van der Waals surface area contributed by atoms with Crippen molar-refractivity contribution in [1.29, 1.82) is 0 Å². The Bertz CT molecular complexity index is 278. The van der Waals surface area contributed by atoms with Gasteiger partial charge in [-0.15, -0.1) is 0 Å². The van der Waals surface area contributed by atoms with E-state index in [9.17, 15) is 4.79 Å². The Hall–Kier alpha value is -0.890. The van der Waals surface area contributed by atoms with Crippen molar-refractivity contribution in [2.75, 3.05) is 13.1 Å². The summed E-state index contributed by atoms with van der Waals surface area (Å²) < 4.78 is 0. The van der Waals surface area contributed by atoms with E-state index in [1.165, 1.54) is 0 Å². The molecule has 0 amide bonds. The number of nitrogens with one attached hydrogen (secondary N) is 1. The highest BCUT2D eigenvalue weighted by molar-refractivity contribution is 5.63. The maximum atomic E-state index is 10.9. The van der Waals surface area contributed by atoms with Gasteiger partial charge in [0.25, 0.3) is 0 Å². The topological polar surface area (TPSA) is 29.1 Å². The Morgan fingerprint density at radius 2 is 2.27 bits per heavy atom. The largest absolute Gasteiger partial charge is 0.316 e. The number of allylic oxidation sites excluding steroid dienone is 2. The number of carbonyl (C=O) groups is 1. The van der Waals surface area contributed by atoms with Crippen molar-refractivity contribution in [2.24, 2.45) is 17.3 Å². The van der Waals surface area contributed by atoms with Gasteiger partial charge in [-0.05, 0) is 12.0 Å². The number of aldehydes is 1. The number of carbonyl (C=O) groups excluding carboxylic acids is 1. The van der Waals surface area contributed by atoms with Crippen LogP contribution in [0.4, 0.5) is 0 Å². The summed E-state index contributed by atoms with van der Waals surface area (Å²) in [6, 6.07) is 0. The van der Waals surface area contributed by atoms with Gasteiger partial charge in [-0.1, -0.05) is 45.1 Å². The van der Waals surface area contributed by atoms with E-state index in [-0.39, 0.29) is 11.3 Å². The highest BCUT2D eigenvalue weighted by Crippen LogP contribution is 2.40. The van der Waals surface area contributed by atoms with Gasteiger partial charge >= 0.3 is 0 Å². The molecule has 0 fully saturated rings. The predicted molar refractivity (Wildman–Crippen MR) is 63.6 cm³/mol. The molecule has 0 aromatic rings. The average molecular weight is 207 g/mol. The fraction of sp³-hybridized carbons (Fsp3) is 0.615. The minimum atomic E-state index is -0.0957. The molecule has 0 spiro atoms. The molecule has 84 valence electrons. The molecule has 2 atom stereocenters. The summed E-state index contributed by atoms with van der Waals surface area (Å²) in [6.07, 6.45) is 5.09. The Balaban J connectivity index is 2.85. The van der Waals surface area contributed by atoms with Crippen LogP contribution in [0.15, 0.2) is 24.3 Å². The third-order valence-corrected chi connectivity index (χ3v) is 3.25. The lowest BCUT2D eigenvalue weighted by Gasteiger charge is -2.38. The van der Waals surface area contributed by atoms with Crippen LogP contribution in [0.25, 0.3) is 0 Å². The molecule has 0 aliphatic heterocycles. The van der Waals surface area contributed by atoms with Gasteiger partial charge in [-0.3, -0.25) is 0 Å². The summed E-state index contributed by atoms with van der Waals surface area (Å²) in [5.74, 6) is 0.249. The molecule has 0 aromatic carbocycles. The highest BCUT2D eigenvalue weighted by Gasteiger charge is 2.34. The minimum absolute atomic E-state index is 0.0957. The van der Waals surface area contributed by atoms with Gasteiger partial charge in [-0.25, -0.2) is 0 Å². The maximum absolute atomic E-state index is 10.9. The smallest absolute Gasteiger partial charge is 0.130 e. The standard InChI is InChI=1S/C13H21NO/c1-5-14-8-12-10(2)11(9-15)6-7-13(12,3)4/h6-7,9,11-12,14H,2,5,8H2,1,3-4H3. The molecule has 0 saturated heterocycles. The summed E-state index contributed by atoms with van der Waals surface area (Å²) in [5.41, 5.74) is 1.14. The first-order valence-electron chi connectivity index (χ1n) is 5.57. The van der Waals surface area contributed by atoms with Gasteiger partial charge in [-0.2, -0.15) is 0 Å². The SMILES string of the molecule is C=C1C(C=O)C=CC(C)(C)C1CNCC. The van der Waals surface area contributed by atoms with E-state index < -0.39 is 0 Å². The molecule has 0 aromatic heterocycles. The second kappa shape index (κ2) is 4.75. The molecule has 0 radical (unpaired) electrons. The van der Waals surface area contributed by atoms with Crippen LogP contribution < -0.4 is 5.32 Å². The zero-order valence-electron chi connectivity index (χ0n) is 9.92. The van der Waals surface area contributed by atoms with Crippen LogP contribution in [-0.4, -0.2) is 19.4 Å². The van der Waals surface area contributed by atoms with Crippen molar-refractivity contribution in [1.82, 2.24) is 5.32 Å². The Labute approximate surface area is 92.4 Å². The fourth-order valence-electron chi connectivity index (χ4n) is 2.12. The number of hydrogen-bond donors (Lipinski definition) is 1. The molecule has 1 aliphatic rings. The van der Waals surface area contributed by atoms with Crippen molar-refractivity contribution >= 4 is 6.29 Å². The van der Waals surface area contributed by atoms with E-state index in [1.54, 1.807) is 0 Å². The van der Waals surface area contributed by atoms with Crippen molar-refractivity contribution in [3.05, 3.63) is 24.3 Å². The van der Waals surface area contributed by atoms with E-state index in [2.05, 4.69) is 38.7 Å². The van der Waals surface area contributed by atoms with E-state index in [0.717, 1.165) is 24.9 Å². The molecular weight excluding hydrogens is 186 g/mol. The van der Waals surface area contributed by atoms with E-state index in [1.807, 2.05) is 6.08 Å². The average Bonchev–Trinajstić information content (AvgIpc) is 2.17. The molecule has 1 aliphatic carbocycles. The van der Waals surface area contributed by atoms with Gasteiger partial charge < -0.3 is 10.1 Å². The van der Waals surface area contributed by atoms with Crippen LogP contribution in [0, 0.1) is 17.3 Å². The van der Waals surface area contributed by atoms with Crippen molar-refractivity contribution < 1.29 is 4.79 Å². The summed E-state index contributed by atoms with van der Waals surface area (Å²) in [7, 11) is 0. The highest BCUT2D eigenvalue weighted by atomic mass is 16.1. The molecule has 1 rings (SSSR count). The van der Waals surface area contributed by atoms with Crippen LogP contribution in [-0.2, 0) is 4.79 Å². The van der Waals surface area contributed by atoms with Crippen molar-refractivity contribution in [3.63, 3.8) is 0 Å². The van der Waals surface area contributed by atoms with E-state index >= 15 is 0 Å². The van der Waals surface area contributed by atoms with Gasteiger partial charge in [0.05, 0.1) is 5.92 Å². The maximum Gasteiger partial charge on any atom is 0.130 e. The minimum Gasteiger partial charge on any atom is -0.316 e. The van der Waals surface area contributed by atoms with Gasteiger partial charge in [0.1, 0.15) is 6.29 Å². The summed E-state index contributed by atoms with van der Waals surface area (Å²) in [4.78, 5) is 10.9. The van der Waals surface area contributed by atoms with E-state index in [4.69, 9.17) is 0 Å². The molecule has 2 nitrogen and oxygen atoms in total. The van der Waals surface area contributed by atoms with Crippen LogP contribution in [0.3, 0.4) is 0 Å². The van der Waals surface area contributed by atoms with Gasteiger partial charge in [0.15, 0.2) is 0 Å². The number of hydrogen-bond acceptors (Lipinski definition) is 2. The first kappa shape index (κ1) is 12.2. The second-order valence-corrected chi connectivity index (χ2v) is 4.78. The lowest BCUT2D eigenvalue weighted by molar-refractivity contribution is -0.109. The van der Waals surface area contributed by atoms with Gasteiger partial charge in [0.2, 0.25) is 0 Å². The van der Waals surface area contributed by atoms with Crippen LogP contribution >= 0.6 is 0 Å². The Morgan fingerprint density at radius 3 is 2.80 bits per heavy atom. The predicted octanol–water partition coefficient (Wildman–Crippen LogP) is 2.18. The molecule has 1 N–H and O–H groups in total. The molecule has 0 saturated carbocycles. The van der Waals surface area contributed by atoms with Gasteiger partial charge in [0, 0.05) is 12.5 Å². The molecule has 2 unspecified atom stereocenters. The molecule has 0 bridgehead atoms. The summed E-state index contributed by atoms with van der Waals surface area (Å²) in [5, 5.41) is 3.34. The van der Waals surface area contributed by atoms with Crippen LogP contribution in [0.5, 0.6) is 0 Å². The quantitative estimate of drug-likeness (QED) is 0.565. The molecule has 15 heavy (non-hydrogen) atoms. The third kappa shape index (κ3) is 2.57. The summed E-state index contributed by atoms with van der Waals surface area (Å²) >= 11 is 0. The van der Waals surface area contributed by atoms with Crippen LogP contribution in [0.1, 0.15) is 20.8 Å². The first-order valence-corrected chi connectivity index (χ1v) is 5.57. The third-order valence-electron chi connectivity index (χ3n) is 3.25. The van der Waals surface area contributed by atoms with Crippen LogP contribution in [0.2, 0.25) is 0 Å². The monoisotopic (exact) mass is 207 g/mol. The molecule has 0 heterocycles. The molecule has 2 heteroatoms. The lowest BCUT2D eigenvalue weighted by atomic mass is 9.67. The fourth-order valence-corrected chi connectivity index (χ4v) is 2.12. The lowest BCUT2D eigenvalue weighted by Crippen LogP contribution is -2.37. The first-order chi connectivity index (χ1) is 7.03. The summed E-state index contributed by atoms with van der Waals surface area (Å²) in [6.45, 7) is 12.4. The van der Waals surface area contributed by atoms with E-state index in [0.29, 0.717) is 5.92 Å². The zero-order chi connectivity index (χ0) is 11.5. The Morgan fingerprint density at radius 1 is 1.60 bits per heavy atom. The van der Waals surface area contributed by atoms with Crippen molar-refractivity contribution in [2.45, 2.75) is 20.8 Å². The zero-order valence-corrected chi connectivity index (χ0v) is 9.92. The second-order valence-electron chi connectivity index (χ2n) is 4.78.